The van der Waals surface area contributed by atoms with Crippen LogP contribution in [0.2, 0.25) is 0 Å². The standard InChI is InChI=1S/C14H17N3O2S/c1-9-5-7-11(8-6-9)12-15-16-14(19-12)20-10(2)13(18)17(3)4/h5-8,10H,1-4H3/t10-/m1/s1. The van der Waals surface area contributed by atoms with Crippen LogP contribution >= 0.6 is 11.8 Å². The Labute approximate surface area is 122 Å². The summed E-state index contributed by atoms with van der Waals surface area (Å²) in [4.78, 5) is 13.3. The molecule has 0 spiro atoms. The molecule has 0 unspecified atom stereocenters. The first-order chi connectivity index (χ1) is 9.47. The molecule has 2 rings (SSSR count). The molecule has 0 fully saturated rings. The van der Waals surface area contributed by atoms with E-state index in [9.17, 15) is 4.79 Å². The highest BCUT2D eigenvalue weighted by Gasteiger charge is 2.19. The Morgan fingerprint density at radius 3 is 2.50 bits per heavy atom. The van der Waals surface area contributed by atoms with Gasteiger partial charge in [0.05, 0.1) is 5.25 Å². The molecule has 1 heterocycles. The quantitative estimate of drug-likeness (QED) is 0.810. The summed E-state index contributed by atoms with van der Waals surface area (Å²) in [5, 5.41) is 8.14. The summed E-state index contributed by atoms with van der Waals surface area (Å²) in [6.45, 7) is 3.84. The maximum atomic E-state index is 11.8. The number of hydrogen-bond acceptors (Lipinski definition) is 5. The summed E-state index contributed by atoms with van der Waals surface area (Å²) in [6.07, 6.45) is 0. The van der Waals surface area contributed by atoms with E-state index in [0.717, 1.165) is 5.56 Å². The molecular weight excluding hydrogens is 274 g/mol. The van der Waals surface area contributed by atoms with Crippen LogP contribution in [0.5, 0.6) is 0 Å². The van der Waals surface area contributed by atoms with E-state index < -0.39 is 0 Å². The number of nitrogens with zero attached hydrogens (tertiary/aromatic N) is 3. The van der Waals surface area contributed by atoms with Gasteiger partial charge in [0, 0.05) is 19.7 Å². The van der Waals surface area contributed by atoms with E-state index >= 15 is 0 Å². The van der Waals surface area contributed by atoms with Gasteiger partial charge in [0.25, 0.3) is 5.22 Å². The first-order valence-corrected chi connectivity index (χ1v) is 7.13. The highest BCUT2D eigenvalue weighted by Crippen LogP contribution is 2.26. The lowest BCUT2D eigenvalue weighted by Crippen LogP contribution is -2.29. The summed E-state index contributed by atoms with van der Waals surface area (Å²) < 4.78 is 5.58. The van der Waals surface area contributed by atoms with Gasteiger partial charge in [-0.1, -0.05) is 29.5 Å². The van der Waals surface area contributed by atoms with Crippen LogP contribution in [0.4, 0.5) is 0 Å². The molecule has 106 valence electrons. The Hall–Kier alpha value is -1.82. The first-order valence-electron chi connectivity index (χ1n) is 6.25. The second-order valence-electron chi connectivity index (χ2n) is 4.73. The summed E-state index contributed by atoms with van der Waals surface area (Å²) >= 11 is 1.27. The average Bonchev–Trinajstić information content (AvgIpc) is 2.87. The van der Waals surface area contributed by atoms with Gasteiger partial charge in [-0.15, -0.1) is 10.2 Å². The second kappa shape index (κ2) is 6.09. The summed E-state index contributed by atoms with van der Waals surface area (Å²) in [7, 11) is 3.45. The molecular formula is C14H17N3O2S. The predicted molar refractivity (Wildman–Crippen MR) is 78.5 cm³/mol. The minimum atomic E-state index is -0.253. The monoisotopic (exact) mass is 291 g/mol. The van der Waals surface area contributed by atoms with Gasteiger partial charge in [0.15, 0.2) is 0 Å². The van der Waals surface area contributed by atoms with Gasteiger partial charge in [-0.05, 0) is 26.0 Å². The van der Waals surface area contributed by atoms with Crippen LogP contribution < -0.4 is 0 Å². The second-order valence-corrected chi connectivity index (χ2v) is 6.02. The zero-order valence-electron chi connectivity index (χ0n) is 12.0. The number of aromatic nitrogens is 2. The maximum absolute atomic E-state index is 11.8. The molecule has 1 atom stereocenters. The molecule has 1 amide bonds. The maximum Gasteiger partial charge on any atom is 0.277 e. The molecule has 0 aliphatic rings. The van der Waals surface area contributed by atoms with Crippen molar-refractivity contribution in [2.24, 2.45) is 0 Å². The van der Waals surface area contributed by atoms with Crippen molar-refractivity contribution in [3.8, 4) is 11.5 Å². The van der Waals surface area contributed by atoms with E-state index in [-0.39, 0.29) is 11.2 Å². The van der Waals surface area contributed by atoms with Crippen molar-refractivity contribution in [3.63, 3.8) is 0 Å². The fourth-order valence-corrected chi connectivity index (χ4v) is 2.46. The molecule has 2 aromatic rings. The molecule has 6 heteroatoms. The molecule has 1 aromatic heterocycles. The number of aryl methyl sites for hydroxylation is 1. The fraction of sp³-hybridized carbons (Fsp3) is 0.357. The molecule has 20 heavy (non-hydrogen) atoms. The van der Waals surface area contributed by atoms with E-state index in [1.807, 2.05) is 38.1 Å². The third kappa shape index (κ3) is 3.39. The normalized spacial score (nSPS) is 12.2. The van der Waals surface area contributed by atoms with Gasteiger partial charge >= 0.3 is 0 Å². The first kappa shape index (κ1) is 14.6. The lowest BCUT2D eigenvalue weighted by molar-refractivity contribution is -0.127. The van der Waals surface area contributed by atoms with Gasteiger partial charge in [0.2, 0.25) is 11.8 Å². The Bertz CT molecular complexity index is 593. The van der Waals surface area contributed by atoms with E-state index in [1.165, 1.54) is 17.3 Å². The average molecular weight is 291 g/mol. The molecule has 0 bridgehead atoms. The minimum absolute atomic E-state index is 0.0186. The van der Waals surface area contributed by atoms with E-state index in [2.05, 4.69) is 10.2 Å². The zero-order valence-corrected chi connectivity index (χ0v) is 12.8. The SMILES string of the molecule is Cc1ccc(-c2nnc(S[C@H](C)C(=O)N(C)C)o2)cc1. The van der Waals surface area contributed by atoms with Crippen LogP contribution in [-0.4, -0.2) is 40.3 Å². The lowest BCUT2D eigenvalue weighted by atomic mass is 10.1. The van der Waals surface area contributed by atoms with Crippen LogP contribution in [-0.2, 0) is 4.79 Å². The van der Waals surface area contributed by atoms with Crippen LogP contribution in [0.25, 0.3) is 11.5 Å². The van der Waals surface area contributed by atoms with Gasteiger partial charge in [-0.2, -0.15) is 0 Å². The molecule has 0 N–H and O–H groups in total. The van der Waals surface area contributed by atoms with Crippen LogP contribution in [0.15, 0.2) is 33.9 Å². The Kier molecular flexibility index (Phi) is 4.44. The van der Waals surface area contributed by atoms with Crippen LogP contribution in [0.1, 0.15) is 12.5 Å². The Balaban J connectivity index is 2.09. The van der Waals surface area contributed by atoms with Gasteiger partial charge in [-0.3, -0.25) is 4.79 Å². The molecule has 1 aromatic carbocycles. The number of thioether (sulfide) groups is 1. The third-order valence-corrected chi connectivity index (χ3v) is 3.69. The fourth-order valence-electron chi connectivity index (χ4n) is 1.64. The third-order valence-electron chi connectivity index (χ3n) is 2.77. The van der Waals surface area contributed by atoms with Crippen LogP contribution in [0, 0.1) is 6.92 Å². The molecule has 0 aliphatic carbocycles. The number of rotatable bonds is 4. The number of carbonyl (C=O) groups is 1. The highest BCUT2D eigenvalue weighted by molar-refractivity contribution is 8.00. The highest BCUT2D eigenvalue weighted by atomic mass is 32.2. The predicted octanol–water partition coefficient (Wildman–Crippen LogP) is 2.61. The largest absolute Gasteiger partial charge is 0.411 e. The van der Waals surface area contributed by atoms with Gasteiger partial charge < -0.3 is 9.32 Å². The Morgan fingerprint density at radius 2 is 1.90 bits per heavy atom. The molecule has 0 saturated carbocycles. The summed E-state index contributed by atoms with van der Waals surface area (Å²) in [5.74, 6) is 0.488. The van der Waals surface area contributed by atoms with Crippen molar-refractivity contribution < 1.29 is 9.21 Å². The topological polar surface area (TPSA) is 59.2 Å². The van der Waals surface area contributed by atoms with E-state index in [0.29, 0.717) is 11.1 Å². The number of carbonyl (C=O) groups excluding carboxylic acids is 1. The van der Waals surface area contributed by atoms with Crippen molar-refractivity contribution in [2.75, 3.05) is 14.1 Å². The van der Waals surface area contributed by atoms with Crippen molar-refractivity contribution in [3.05, 3.63) is 29.8 Å². The molecule has 0 saturated heterocycles. The van der Waals surface area contributed by atoms with Crippen molar-refractivity contribution in [2.45, 2.75) is 24.3 Å². The van der Waals surface area contributed by atoms with Crippen molar-refractivity contribution in [1.82, 2.24) is 15.1 Å². The summed E-state index contributed by atoms with van der Waals surface area (Å²) in [6, 6.07) is 7.85. The van der Waals surface area contributed by atoms with Crippen molar-refractivity contribution in [1.29, 1.82) is 0 Å². The van der Waals surface area contributed by atoms with Crippen LogP contribution in [0.3, 0.4) is 0 Å². The smallest absolute Gasteiger partial charge is 0.277 e. The van der Waals surface area contributed by atoms with Gasteiger partial charge in [0.1, 0.15) is 0 Å². The molecule has 0 radical (unpaired) electrons. The number of hydrogen-bond donors (Lipinski definition) is 0. The zero-order chi connectivity index (χ0) is 14.7. The minimum Gasteiger partial charge on any atom is -0.411 e. The van der Waals surface area contributed by atoms with Gasteiger partial charge in [-0.25, -0.2) is 0 Å². The molecule has 5 nitrogen and oxygen atoms in total. The number of amides is 1. The van der Waals surface area contributed by atoms with Crippen molar-refractivity contribution >= 4 is 17.7 Å². The Morgan fingerprint density at radius 1 is 1.25 bits per heavy atom. The summed E-state index contributed by atoms with van der Waals surface area (Å²) in [5.41, 5.74) is 2.05. The number of benzene rings is 1. The lowest BCUT2D eigenvalue weighted by Gasteiger charge is -2.14. The molecule has 0 aliphatic heterocycles. The van der Waals surface area contributed by atoms with E-state index in [1.54, 1.807) is 19.0 Å². The van der Waals surface area contributed by atoms with E-state index in [4.69, 9.17) is 4.42 Å².